The molecular weight excluding hydrogens is 524 g/mol. The van der Waals surface area contributed by atoms with E-state index in [0.717, 1.165) is 24.3 Å². The van der Waals surface area contributed by atoms with Crippen LogP contribution >= 0.6 is 0 Å². The molecule has 41 heavy (non-hydrogen) atoms. The van der Waals surface area contributed by atoms with Crippen molar-refractivity contribution in [2.45, 2.75) is 38.9 Å². The van der Waals surface area contributed by atoms with Gasteiger partial charge in [0, 0.05) is 44.5 Å². The van der Waals surface area contributed by atoms with Crippen LogP contribution in [0.5, 0.6) is 0 Å². The van der Waals surface area contributed by atoms with Crippen molar-refractivity contribution >= 4 is 12.1 Å². The molecule has 0 radical (unpaired) electrons. The van der Waals surface area contributed by atoms with Gasteiger partial charge in [0.1, 0.15) is 18.8 Å². The minimum Gasteiger partial charge on any atom is -0.439 e. The number of ether oxygens (including phenoxy) is 2. The van der Waals surface area contributed by atoms with Crippen LogP contribution in [0.3, 0.4) is 0 Å². The van der Waals surface area contributed by atoms with Gasteiger partial charge in [-0.1, -0.05) is 59.7 Å². The Labute approximate surface area is 239 Å². The highest BCUT2D eigenvalue weighted by Crippen LogP contribution is 2.20. The summed E-state index contributed by atoms with van der Waals surface area (Å²) >= 11 is 0. The average Bonchev–Trinajstić information content (AvgIpc) is 3.83. The fourth-order valence-corrected chi connectivity index (χ4v) is 3.67. The molecule has 2 fully saturated rings. The number of hydrogen-bond donors (Lipinski definition) is 3. The van der Waals surface area contributed by atoms with Gasteiger partial charge in [-0.2, -0.15) is 0 Å². The third-order valence-corrected chi connectivity index (χ3v) is 6.09. The van der Waals surface area contributed by atoms with Crippen LogP contribution in [0.25, 0.3) is 0 Å². The van der Waals surface area contributed by atoms with Crippen molar-refractivity contribution in [3.05, 3.63) is 108 Å². The summed E-state index contributed by atoms with van der Waals surface area (Å²) in [7, 11) is 0. The Balaban J connectivity index is 0.000000156. The maximum atomic E-state index is 11.4. The third kappa shape index (κ3) is 10.6. The second-order valence-corrected chi connectivity index (χ2v) is 9.39. The Hall–Kier alpha value is -4.32. The Morgan fingerprint density at radius 2 is 1.51 bits per heavy atom. The van der Waals surface area contributed by atoms with E-state index < -0.39 is 6.10 Å². The minimum absolute atomic E-state index is 0.118. The van der Waals surface area contributed by atoms with Crippen molar-refractivity contribution < 1.29 is 24.2 Å². The molecule has 2 aromatic heterocycles. The van der Waals surface area contributed by atoms with Crippen molar-refractivity contribution in [2.75, 3.05) is 26.3 Å². The van der Waals surface area contributed by atoms with E-state index in [1.165, 1.54) is 45.8 Å². The number of rotatable bonds is 3. The number of nitrogens with zero attached hydrogens (tertiary/aromatic N) is 4. The van der Waals surface area contributed by atoms with Crippen LogP contribution in [0.2, 0.25) is 0 Å². The minimum atomic E-state index is -0.518. The van der Waals surface area contributed by atoms with Crippen LogP contribution in [0.15, 0.2) is 86.0 Å². The summed E-state index contributed by atoms with van der Waals surface area (Å²) < 4.78 is 12.7. The van der Waals surface area contributed by atoms with Gasteiger partial charge in [-0.05, 0) is 37.8 Å². The number of cyclic esters (lactones) is 1. The summed E-state index contributed by atoms with van der Waals surface area (Å²) in [5, 5.41) is 11.9. The molecule has 0 spiro atoms. The Bertz CT molecular complexity index is 1240. The lowest BCUT2D eigenvalue weighted by molar-refractivity contribution is 0.141. The lowest BCUT2D eigenvalue weighted by atomic mass is 10.1. The maximum Gasteiger partial charge on any atom is 0.407 e. The second-order valence-electron chi connectivity index (χ2n) is 9.39. The van der Waals surface area contributed by atoms with E-state index in [4.69, 9.17) is 15.2 Å². The number of carbonyl (C=O) groups excluding carboxylic acids is 2. The van der Waals surface area contributed by atoms with Crippen molar-refractivity contribution in [2.24, 2.45) is 5.73 Å². The molecule has 1 amide bonds. The lowest BCUT2D eigenvalue weighted by Crippen LogP contribution is -2.15. The highest BCUT2D eigenvalue weighted by atomic mass is 16.6. The van der Waals surface area contributed by atoms with Crippen LogP contribution in [0.4, 0.5) is 9.59 Å². The fourth-order valence-electron chi connectivity index (χ4n) is 3.67. The molecule has 4 heterocycles. The van der Waals surface area contributed by atoms with Crippen LogP contribution in [-0.2, 0) is 9.47 Å². The van der Waals surface area contributed by atoms with Gasteiger partial charge in [-0.15, -0.1) is 0 Å². The molecule has 2 unspecified atom stereocenters. The van der Waals surface area contributed by atoms with E-state index in [9.17, 15) is 14.7 Å². The fraction of sp³-hybridized carbons (Fsp3) is 0.333. The number of carbonyl (C=O) groups is 2. The first-order valence-electron chi connectivity index (χ1n) is 13.4. The molecule has 2 atom stereocenters. The van der Waals surface area contributed by atoms with Crippen LogP contribution < -0.4 is 11.1 Å². The first kappa shape index (κ1) is 31.2. The SMILES string of the molecule is C1CCOC1.Cc1ccc(C(O)CN)cc1.Cc1ccc(C2CNC(=O)O2)cc1.O=C(n1ccnc1)n1ccnc1. The van der Waals surface area contributed by atoms with E-state index in [2.05, 4.69) is 15.3 Å². The molecule has 2 saturated heterocycles. The molecule has 11 nitrogen and oxygen atoms in total. The monoisotopic (exact) mass is 562 g/mol. The number of aliphatic hydroxyl groups excluding tert-OH is 1. The van der Waals surface area contributed by atoms with Gasteiger partial charge in [-0.25, -0.2) is 19.6 Å². The number of nitrogens with two attached hydrogens (primary N) is 1. The number of aliphatic hydroxyl groups is 1. The number of nitrogens with one attached hydrogen (secondary N) is 1. The number of benzene rings is 2. The number of aryl methyl sites for hydroxylation is 2. The standard InChI is InChI=1S/C10H11NO2.C9H13NO.C7H6N4O.C4H8O/c1-7-2-4-8(5-3-7)9-6-11-10(12)13-9;1-7-2-4-8(5-3-7)9(11)6-10;12-7(10-3-1-8-5-10)11-4-2-9-6-11;1-2-4-5-3-1/h2-5,9H,6H2,1H3,(H,11,12);2-5,9,11H,6,10H2,1H3;1-6H;1-4H2. The van der Waals surface area contributed by atoms with E-state index in [1.807, 2.05) is 62.4 Å². The summed E-state index contributed by atoms with van der Waals surface area (Å²) in [5.41, 5.74) is 9.63. The van der Waals surface area contributed by atoms with E-state index >= 15 is 0 Å². The maximum absolute atomic E-state index is 11.4. The summed E-state index contributed by atoms with van der Waals surface area (Å²) in [5.74, 6) is 0. The van der Waals surface area contributed by atoms with Gasteiger partial charge in [0.25, 0.3) is 0 Å². The largest absolute Gasteiger partial charge is 0.439 e. The summed E-state index contributed by atoms with van der Waals surface area (Å²) in [4.78, 5) is 29.7. The number of aromatic nitrogens is 4. The predicted octanol–water partition coefficient (Wildman–Crippen LogP) is 4.16. The summed E-state index contributed by atoms with van der Waals surface area (Å²) in [6.45, 7) is 6.90. The average molecular weight is 563 g/mol. The van der Waals surface area contributed by atoms with E-state index in [1.54, 1.807) is 24.8 Å². The molecule has 4 aromatic rings. The molecule has 218 valence electrons. The molecule has 0 aliphatic carbocycles. The van der Waals surface area contributed by atoms with Crippen molar-refractivity contribution in [1.29, 1.82) is 0 Å². The van der Waals surface area contributed by atoms with Gasteiger partial charge in [-0.3, -0.25) is 9.13 Å². The van der Waals surface area contributed by atoms with Crippen LogP contribution in [-0.4, -0.2) is 62.6 Å². The number of amides is 1. The highest BCUT2D eigenvalue weighted by molar-refractivity contribution is 5.78. The van der Waals surface area contributed by atoms with E-state index in [-0.39, 0.29) is 24.8 Å². The quantitative estimate of drug-likeness (QED) is 0.337. The number of alkyl carbamates (subject to hydrolysis) is 1. The number of hydrogen-bond acceptors (Lipinski definition) is 8. The number of imidazole rings is 2. The van der Waals surface area contributed by atoms with Crippen molar-refractivity contribution in [1.82, 2.24) is 24.4 Å². The van der Waals surface area contributed by atoms with Crippen LogP contribution in [0, 0.1) is 13.8 Å². The summed E-state index contributed by atoms with van der Waals surface area (Å²) in [6.07, 6.45) is 10.8. The zero-order chi connectivity index (χ0) is 29.5. The molecule has 2 aliphatic heterocycles. The van der Waals surface area contributed by atoms with Crippen molar-refractivity contribution in [3.63, 3.8) is 0 Å². The molecule has 0 saturated carbocycles. The van der Waals surface area contributed by atoms with Gasteiger partial charge >= 0.3 is 12.1 Å². The zero-order valence-corrected chi connectivity index (χ0v) is 23.4. The lowest BCUT2D eigenvalue weighted by Gasteiger charge is -2.07. The molecule has 2 aliphatic rings. The first-order valence-corrected chi connectivity index (χ1v) is 13.4. The molecule has 4 N–H and O–H groups in total. The topological polar surface area (TPSA) is 147 Å². The third-order valence-electron chi connectivity index (χ3n) is 6.09. The van der Waals surface area contributed by atoms with Gasteiger partial charge in [0.2, 0.25) is 0 Å². The molecule has 6 rings (SSSR count). The van der Waals surface area contributed by atoms with Gasteiger partial charge < -0.3 is 25.6 Å². The van der Waals surface area contributed by atoms with Crippen molar-refractivity contribution in [3.8, 4) is 0 Å². The predicted molar refractivity (Wildman–Crippen MR) is 154 cm³/mol. The molecular formula is C30H38N6O5. The smallest absolute Gasteiger partial charge is 0.407 e. The summed E-state index contributed by atoms with van der Waals surface area (Å²) in [6, 6.07) is 15.5. The first-order chi connectivity index (χ1) is 19.9. The zero-order valence-electron chi connectivity index (χ0n) is 23.4. The highest BCUT2D eigenvalue weighted by Gasteiger charge is 2.23. The Morgan fingerprint density at radius 1 is 0.976 bits per heavy atom. The van der Waals surface area contributed by atoms with E-state index in [0.29, 0.717) is 6.54 Å². The second kappa shape index (κ2) is 16.7. The molecule has 11 heteroatoms. The van der Waals surface area contributed by atoms with Crippen LogP contribution in [0.1, 0.15) is 47.3 Å². The van der Waals surface area contributed by atoms with Gasteiger partial charge in [0.15, 0.2) is 0 Å². The molecule has 0 bridgehead atoms. The Morgan fingerprint density at radius 3 is 1.90 bits per heavy atom. The molecule has 2 aromatic carbocycles. The Kier molecular flexibility index (Phi) is 12.7. The normalized spacial score (nSPS) is 16.0. The van der Waals surface area contributed by atoms with Gasteiger partial charge in [0.05, 0.1) is 12.6 Å².